The van der Waals surface area contributed by atoms with Gasteiger partial charge in [-0.1, -0.05) is 0 Å². The fourth-order valence-electron chi connectivity index (χ4n) is 1.88. The minimum Gasteiger partial charge on any atom is -0.391 e. The van der Waals surface area contributed by atoms with Crippen molar-refractivity contribution in [3.63, 3.8) is 0 Å². The van der Waals surface area contributed by atoms with E-state index in [1.165, 1.54) is 0 Å². The molecule has 1 fully saturated rings. The lowest BCUT2D eigenvalue weighted by atomic mass is 10.1. The number of aliphatic hydroxyl groups is 1. The molecule has 1 heterocycles. The van der Waals surface area contributed by atoms with Gasteiger partial charge in [0.05, 0.1) is 6.10 Å². The number of anilines is 1. The number of benzene rings is 1. The number of carbonyl (C=O) groups is 1. The van der Waals surface area contributed by atoms with Gasteiger partial charge in [0.25, 0.3) is 0 Å². The van der Waals surface area contributed by atoms with Gasteiger partial charge in [-0.3, -0.25) is 4.79 Å². The highest BCUT2D eigenvalue weighted by molar-refractivity contribution is 5.94. The van der Waals surface area contributed by atoms with Gasteiger partial charge in [-0.2, -0.15) is 0 Å². The first-order valence-electron chi connectivity index (χ1n) is 5.21. The molecule has 1 aliphatic heterocycles. The van der Waals surface area contributed by atoms with Gasteiger partial charge in [-0.05, 0) is 37.6 Å². The van der Waals surface area contributed by atoms with Crippen LogP contribution in [0.3, 0.4) is 0 Å². The van der Waals surface area contributed by atoms with E-state index in [2.05, 4.69) is 4.90 Å². The first kappa shape index (κ1) is 10.2. The van der Waals surface area contributed by atoms with E-state index in [0.29, 0.717) is 6.54 Å². The Morgan fingerprint density at radius 1 is 1.40 bits per heavy atom. The monoisotopic (exact) mass is 205 g/mol. The number of aliphatic hydroxyl groups excluding tert-OH is 1. The zero-order valence-corrected chi connectivity index (χ0v) is 8.81. The third-order valence-corrected chi connectivity index (χ3v) is 2.80. The average molecular weight is 205 g/mol. The van der Waals surface area contributed by atoms with Crippen LogP contribution in [0, 0.1) is 0 Å². The normalized spacial score (nSPS) is 20.7. The lowest BCUT2D eigenvalue weighted by molar-refractivity contribution is 0.101. The Bertz CT molecular complexity index is 358. The Morgan fingerprint density at radius 2 is 2.07 bits per heavy atom. The third kappa shape index (κ3) is 2.18. The SMILES string of the molecule is CC(=O)c1ccc(N2CC[C@@H](O)C2)cc1. The van der Waals surface area contributed by atoms with Crippen LogP contribution in [0.15, 0.2) is 24.3 Å². The smallest absolute Gasteiger partial charge is 0.159 e. The van der Waals surface area contributed by atoms with E-state index in [-0.39, 0.29) is 11.9 Å². The minimum atomic E-state index is -0.211. The molecule has 0 spiro atoms. The Kier molecular flexibility index (Phi) is 2.73. The quantitative estimate of drug-likeness (QED) is 0.743. The summed E-state index contributed by atoms with van der Waals surface area (Å²) in [5, 5.41) is 9.41. The molecule has 1 aromatic carbocycles. The van der Waals surface area contributed by atoms with Gasteiger partial charge < -0.3 is 10.0 Å². The summed E-state index contributed by atoms with van der Waals surface area (Å²) in [5.41, 5.74) is 1.81. The zero-order chi connectivity index (χ0) is 10.8. The molecule has 1 atom stereocenters. The molecule has 80 valence electrons. The predicted molar refractivity (Wildman–Crippen MR) is 59.3 cm³/mol. The summed E-state index contributed by atoms with van der Waals surface area (Å²) in [7, 11) is 0. The van der Waals surface area contributed by atoms with Crippen LogP contribution >= 0.6 is 0 Å². The highest BCUT2D eigenvalue weighted by Crippen LogP contribution is 2.20. The molecule has 0 aromatic heterocycles. The van der Waals surface area contributed by atoms with Gasteiger partial charge in [0.1, 0.15) is 0 Å². The van der Waals surface area contributed by atoms with Crippen molar-refractivity contribution >= 4 is 11.5 Å². The number of carbonyl (C=O) groups excluding carboxylic acids is 1. The molecule has 1 N–H and O–H groups in total. The summed E-state index contributed by atoms with van der Waals surface area (Å²) in [6.07, 6.45) is 0.617. The minimum absolute atomic E-state index is 0.0861. The van der Waals surface area contributed by atoms with Crippen LogP contribution in [0.1, 0.15) is 23.7 Å². The molecule has 0 bridgehead atoms. The molecule has 15 heavy (non-hydrogen) atoms. The summed E-state index contributed by atoms with van der Waals surface area (Å²) in [5.74, 6) is 0.0861. The van der Waals surface area contributed by atoms with Gasteiger partial charge in [-0.15, -0.1) is 0 Å². The molecule has 0 amide bonds. The van der Waals surface area contributed by atoms with Crippen LogP contribution in [-0.2, 0) is 0 Å². The topological polar surface area (TPSA) is 40.5 Å². The number of Topliss-reactive ketones (excluding diaryl/α,β-unsaturated/α-hetero) is 1. The van der Waals surface area contributed by atoms with Gasteiger partial charge in [0.15, 0.2) is 5.78 Å². The highest BCUT2D eigenvalue weighted by Gasteiger charge is 2.20. The van der Waals surface area contributed by atoms with Crippen molar-refractivity contribution in [2.75, 3.05) is 18.0 Å². The Balaban J connectivity index is 2.13. The fraction of sp³-hybridized carbons (Fsp3) is 0.417. The fourth-order valence-corrected chi connectivity index (χ4v) is 1.88. The maximum absolute atomic E-state index is 11.1. The highest BCUT2D eigenvalue weighted by atomic mass is 16.3. The molecule has 0 unspecified atom stereocenters. The standard InChI is InChI=1S/C12H15NO2/c1-9(14)10-2-4-11(5-3-10)13-7-6-12(15)8-13/h2-5,12,15H,6-8H2,1H3/t12-/m1/s1. The van der Waals surface area contributed by atoms with E-state index in [9.17, 15) is 9.90 Å². The lowest BCUT2D eigenvalue weighted by Crippen LogP contribution is -2.20. The maximum atomic E-state index is 11.1. The van der Waals surface area contributed by atoms with Crippen molar-refractivity contribution < 1.29 is 9.90 Å². The first-order chi connectivity index (χ1) is 7.16. The van der Waals surface area contributed by atoms with Gasteiger partial charge >= 0.3 is 0 Å². The van der Waals surface area contributed by atoms with Gasteiger partial charge in [0.2, 0.25) is 0 Å². The van der Waals surface area contributed by atoms with E-state index in [1.54, 1.807) is 6.92 Å². The van der Waals surface area contributed by atoms with Gasteiger partial charge in [0, 0.05) is 24.3 Å². The molecule has 0 aliphatic carbocycles. The summed E-state index contributed by atoms with van der Waals surface area (Å²) >= 11 is 0. The van der Waals surface area contributed by atoms with E-state index >= 15 is 0 Å². The third-order valence-electron chi connectivity index (χ3n) is 2.80. The second kappa shape index (κ2) is 4.03. The van der Waals surface area contributed by atoms with Crippen LogP contribution in [-0.4, -0.2) is 30.1 Å². The van der Waals surface area contributed by atoms with Crippen LogP contribution in [0.5, 0.6) is 0 Å². The molecule has 1 aromatic rings. The number of β-amino-alcohol motifs (C(OH)–C–C–N with tert-alkyl or cyclic N) is 1. The van der Waals surface area contributed by atoms with E-state index in [4.69, 9.17) is 0 Å². The van der Waals surface area contributed by atoms with Crippen molar-refractivity contribution in [3.8, 4) is 0 Å². The molecular formula is C12H15NO2. The van der Waals surface area contributed by atoms with Crippen LogP contribution in [0.2, 0.25) is 0 Å². The van der Waals surface area contributed by atoms with Crippen molar-refractivity contribution in [1.29, 1.82) is 0 Å². The van der Waals surface area contributed by atoms with Crippen molar-refractivity contribution in [2.24, 2.45) is 0 Å². The molecule has 3 heteroatoms. The largest absolute Gasteiger partial charge is 0.391 e. The van der Waals surface area contributed by atoms with E-state index in [1.807, 2.05) is 24.3 Å². The number of hydrogen-bond donors (Lipinski definition) is 1. The average Bonchev–Trinajstić information content (AvgIpc) is 2.65. The summed E-state index contributed by atoms with van der Waals surface area (Å²) in [4.78, 5) is 13.2. The van der Waals surface area contributed by atoms with Crippen molar-refractivity contribution in [3.05, 3.63) is 29.8 Å². The lowest BCUT2D eigenvalue weighted by Gasteiger charge is -2.17. The summed E-state index contributed by atoms with van der Waals surface area (Å²) in [6.45, 7) is 3.15. The second-order valence-corrected chi connectivity index (χ2v) is 3.99. The summed E-state index contributed by atoms with van der Waals surface area (Å²) < 4.78 is 0. The Hall–Kier alpha value is -1.35. The molecule has 2 rings (SSSR count). The molecular weight excluding hydrogens is 190 g/mol. The molecule has 0 saturated carbocycles. The second-order valence-electron chi connectivity index (χ2n) is 3.99. The van der Waals surface area contributed by atoms with Crippen LogP contribution < -0.4 is 4.90 Å². The van der Waals surface area contributed by atoms with Crippen molar-refractivity contribution in [2.45, 2.75) is 19.4 Å². The van der Waals surface area contributed by atoms with E-state index in [0.717, 1.165) is 24.2 Å². The Morgan fingerprint density at radius 3 is 2.53 bits per heavy atom. The maximum Gasteiger partial charge on any atom is 0.159 e. The molecule has 0 radical (unpaired) electrons. The number of rotatable bonds is 2. The number of hydrogen-bond acceptors (Lipinski definition) is 3. The first-order valence-corrected chi connectivity index (χ1v) is 5.21. The number of nitrogens with zero attached hydrogens (tertiary/aromatic N) is 1. The molecule has 1 aliphatic rings. The summed E-state index contributed by atoms with van der Waals surface area (Å²) in [6, 6.07) is 7.55. The van der Waals surface area contributed by atoms with Crippen LogP contribution in [0.25, 0.3) is 0 Å². The molecule has 3 nitrogen and oxygen atoms in total. The zero-order valence-electron chi connectivity index (χ0n) is 8.81. The predicted octanol–water partition coefficient (Wildman–Crippen LogP) is 1.46. The van der Waals surface area contributed by atoms with Crippen LogP contribution in [0.4, 0.5) is 5.69 Å². The number of ketones is 1. The molecule has 1 saturated heterocycles. The Labute approximate surface area is 89.3 Å². The van der Waals surface area contributed by atoms with E-state index < -0.39 is 0 Å². The van der Waals surface area contributed by atoms with Crippen molar-refractivity contribution in [1.82, 2.24) is 0 Å². The van der Waals surface area contributed by atoms with Gasteiger partial charge in [-0.25, -0.2) is 0 Å².